The summed E-state index contributed by atoms with van der Waals surface area (Å²) in [5.74, 6) is 0. The van der Waals surface area contributed by atoms with E-state index < -0.39 is 0 Å². The Hall–Kier alpha value is -5.55. The van der Waals surface area contributed by atoms with Gasteiger partial charge in [0.05, 0.1) is 0 Å². The van der Waals surface area contributed by atoms with Gasteiger partial charge in [0.1, 0.15) is 0 Å². The zero-order chi connectivity index (χ0) is 34.1. The summed E-state index contributed by atoms with van der Waals surface area (Å²) in [7, 11) is 0. The monoisotopic (exact) mass is 682 g/mol. The maximum Gasteiger partial charge on any atom is 0.0462 e. The minimum Gasteiger partial charge on any atom is -0.359 e. The number of aromatic amines is 1. The number of para-hydroxylation sites is 1. The topological polar surface area (TPSA) is 19.0 Å². The van der Waals surface area contributed by atoms with Gasteiger partial charge >= 0.3 is 0 Å². The van der Waals surface area contributed by atoms with Crippen molar-refractivity contribution in [1.82, 2.24) is 4.98 Å². The SMILES string of the molecule is Cc1ccc(-c2ccc(N(c3ccccc3)c3ccc(-c4ccc(Sc5ccccc5)cc4)cc3)cc2)[nH]1.Cc1ccc(-c2ccccc2)s1. The molecule has 0 radical (unpaired) electrons. The second kappa shape index (κ2) is 15.8. The second-order valence-corrected chi connectivity index (χ2v) is 14.5. The van der Waals surface area contributed by atoms with E-state index in [9.17, 15) is 0 Å². The minimum atomic E-state index is 1.12. The summed E-state index contributed by atoms with van der Waals surface area (Å²) in [5, 5.41) is 0. The van der Waals surface area contributed by atoms with E-state index in [1.807, 2.05) is 17.4 Å². The lowest BCUT2D eigenvalue weighted by Gasteiger charge is -2.26. The first-order valence-corrected chi connectivity index (χ1v) is 18.4. The lowest BCUT2D eigenvalue weighted by molar-refractivity contribution is 1.26. The van der Waals surface area contributed by atoms with Crippen molar-refractivity contribution in [3.8, 4) is 32.8 Å². The number of nitrogens with one attached hydrogen (secondary N) is 1. The van der Waals surface area contributed by atoms with E-state index in [4.69, 9.17) is 0 Å². The summed E-state index contributed by atoms with van der Waals surface area (Å²) in [6.45, 7) is 4.22. The van der Waals surface area contributed by atoms with Crippen molar-refractivity contribution in [3.05, 3.63) is 199 Å². The smallest absolute Gasteiger partial charge is 0.0462 e. The fourth-order valence-electron chi connectivity index (χ4n) is 5.82. The number of benzene rings is 6. The Kier molecular flexibility index (Phi) is 10.4. The number of thiophene rings is 1. The standard InChI is InChI=1S/C35H28N2S.C11H10S/c1-26-12-25-35(36-26)29-15-21-32(22-16-29)37(30-8-4-2-5-9-30)31-19-13-27(14-20-31)28-17-23-34(24-18-28)38-33-10-6-3-7-11-33;1-9-7-8-11(12-9)10-5-3-2-4-6-10/h2-25,36H,1H3;2-8H,1H3. The predicted octanol–water partition coefficient (Wildman–Crippen LogP) is 14.0. The second-order valence-electron chi connectivity index (χ2n) is 12.0. The molecule has 0 aliphatic rings. The van der Waals surface area contributed by atoms with Crippen LogP contribution in [0.25, 0.3) is 32.8 Å². The first-order valence-electron chi connectivity index (χ1n) is 16.8. The molecule has 2 nitrogen and oxygen atoms in total. The molecule has 0 saturated carbocycles. The van der Waals surface area contributed by atoms with Crippen LogP contribution in [-0.4, -0.2) is 4.98 Å². The van der Waals surface area contributed by atoms with Crippen LogP contribution in [-0.2, 0) is 0 Å². The van der Waals surface area contributed by atoms with E-state index in [-0.39, 0.29) is 0 Å². The molecule has 0 aliphatic carbocycles. The predicted molar refractivity (Wildman–Crippen MR) is 216 cm³/mol. The Balaban J connectivity index is 0.000000275. The molecule has 2 aromatic heterocycles. The van der Waals surface area contributed by atoms with Crippen LogP contribution in [0.4, 0.5) is 17.1 Å². The molecule has 4 heteroatoms. The van der Waals surface area contributed by atoms with Crippen LogP contribution in [0.1, 0.15) is 10.6 Å². The molecule has 0 saturated heterocycles. The molecular weight excluding hydrogens is 645 g/mol. The number of hydrogen-bond donors (Lipinski definition) is 1. The molecule has 6 aromatic carbocycles. The Bertz CT molecular complexity index is 2220. The van der Waals surface area contributed by atoms with E-state index >= 15 is 0 Å². The highest BCUT2D eigenvalue weighted by Gasteiger charge is 2.13. The van der Waals surface area contributed by atoms with Gasteiger partial charge in [-0.25, -0.2) is 0 Å². The average Bonchev–Trinajstić information content (AvgIpc) is 3.82. The van der Waals surface area contributed by atoms with Crippen LogP contribution in [0.5, 0.6) is 0 Å². The number of aromatic nitrogens is 1. The molecule has 0 spiro atoms. The third-order valence-electron chi connectivity index (χ3n) is 8.37. The van der Waals surface area contributed by atoms with E-state index in [1.54, 1.807) is 11.8 Å². The molecule has 50 heavy (non-hydrogen) atoms. The lowest BCUT2D eigenvalue weighted by atomic mass is 10.0. The van der Waals surface area contributed by atoms with Gasteiger partial charge in [0.25, 0.3) is 0 Å². The van der Waals surface area contributed by atoms with Gasteiger partial charge < -0.3 is 9.88 Å². The molecular formula is C46H38N2S2. The van der Waals surface area contributed by atoms with Gasteiger partial charge in [-0.05, 0) is 121 Å². The third kappa shape index (κ3) is 8.18. The number of aryl methyl sites for hydroxylation is 2. The maximum absolute atomic E-state index is 3.43. The van der Waals surface area contributed by atoms with Gasteiger partial charge in [-0.2, -0.15) is 0 Å². The quantitative estimate of drug-likeness (QED) is 0.172. The molecule has 0 amide bonds. The van der Waals surface area contributed by atoms with Gasteiger partial charge in [-0.15, -0.1) is 11.3 Å². The van der Waals surface area contributed by atoms with Crippen LogP contribution in [0.3, 0.4) is 0 Å². The van der Waals surface area contributed by atoms with Crippen LogP contribution in [0, 0.1) is 13.8 Å². The average molecular weight is 683 g/mol. The Labute approximate surface area is 303 Å². The van der Waals surface area contributed by atoms with Gasteiger partial charge in [0.2, 0.25) is 0 Å². The van der Waals surface area contributed by atoms with E-state index in [0.29, 0.717) is 0 Å². The zero-order valence-electron chi connectivity index (χ0n) is 28.2. The summed E-state index contributed by atoms with van der Waals surface area (Å²) in [6.07, 6.45) is 0. The summed E-state index contributed by atoms with van der Waals surface area (Å²) in [6, 6.07) is 66.5. The maximum atomic E-state index is 3.43. The van der Waals surface area contributed by atoms with Gasteiger partial charge in [-0.1, -0.05) is 115 Å². The van der Waals surface area contributed by atoms with Crippen molar-refractivity contribution in [2.45, 2.75) is 23.6 Å². The number of hydrogen-bond acceptors (Lipinski definition) is 3. The van der Waals surface area contributed by atoms with Crippen LogP contribution >= 0.6 is 23.1 Å². The lowest BCUT2D eigenvalue weighted by Crippen LogP contribution is -2.09. The Morgan fingerprint density at radius 3 is 1.46 bits per heavy atom. The fraction of sp³-hybridized carbons (Fsp3) is 0.0435. The molecule has 0 fully saturated rings. The Morgan fingerprint density at radius 1 is 0.420 bits per heavy atom. The minimum absolute atomic E-state index is 1.12. The van der Waals surface area contributed by atoms with Crippen molar-refractivity contribution >= 4 is 40.2 Å². The first kappa shape index (κ1) is 33.0. The summed E-state index contributed by atoms with van der Waals surface area (Å²) >= 11 is 3.63. The number of anilines is 3. The molecule has 1 N–H and O–H groups in total. The summed E-state index contributed by atoms with van der Waals surface area (Å²) in [4.78, 5) is 10.9. The third-order valence-corrected chi connectivity index (χ3v) is 10.4. The molecule has 0 unspecified atom stereocenters. The van der Waals surface area contributed by atoms with E-state index in [0.717, 1.165) is 22.8 Å². The Morgan fingerprint density at radius 2 is 0.920 bits per heavy atom. The highest BCUT2D eigenvalue weighted by Crippen LogP contribution is 2.37. The largest absolute Gasteiger partial charge is 0.359 e. The number of rotatable bonds is 8. The molecule has 8 rings (SSSR count). The van der Waals surface area contributed by atoms with E-state index in [1.165, 1.54) is 47.5 Å². The van der Waals surface area contributed by atoms with Gasteiger partial charge in [0.15, 0.2) is 0 Å². The molecule has 8 aromatic rings. The molecule has 0 atom stereocenters. The van der Waals surface area contributed by atoms with Crippen molar-refractivity contribution in [1.29, 1.82) is 0 Å². The summed E-state index contributed by atoms with van der Waals surface area (Å²) in [5.41, 5.74) is 10.6. The van der Waals surface area contributed by atoms with Gasteiger partial charge in [0, 0.05) is 48.0 Å². The highest BCUT2D eigenvalue weighted by atomic mass is 32.2. The van der Waals surface area contributed by atoms with Gasteiger partial charge in [-0.3, -0.25) is 0 Å². The van der Waals surface area contributed by atoms with Crippen LogP contribution < -0.4 is 4.90 Å². The van der Waals surface area contributed by atoms with Crippen LogP contribution in [0.15, 0.2) is 198 Å². The van der Waals surface area contributed by atoms with Crippen molar-refractivity contribution < 1.29 is 0 Å². The molecule has 0 aliphatic heterocycles. The fourth-order valence-corrected chi connectivity index (χ4v) is 7.53. The number of H-pyrrole nitrogens is 1. The first-order chi connectivity index (χ1) is 24.6. The molecule has 244 valence electrons. The van der Waals surface area contributed by atoms with E-state index in [2.05, 4.69) is 206 Å². The summed E-state index contributed by atoms with van der Waals surface area (Å²) < 4.78 is 0. The number of nitrogens with zero attached hydrogens (tertiary/aromatic N) is 1. The van der Waals surface area contributed by atoms with Crippen LogP contribution in [0.2, 0.25) is 0 Å². The molecule has 2 heterocycles. The highest BCUT2D eigenvalue weighted by molar-refractivity contribution is 7.99. The zero-order valence-corrected chi connectivity index (χ0v) is 29.8. The van der Waals surface area contributed by atoms with Crippen molar-refractivity contribution in [2.24, 2.45) is 0 Å². The van der Waals surface area contributed by atoms with Crippen molar-refractivity contribution in [2.75, 3.05) is 4.90 Å². The molecule has 0 bridgehead atoms. The van der Waals surface area contributed by atoms with Crippen molar-refractivity contribution in [3.63, 3.8) is 0 Å². The normalized spacial score (nSPS) is 10.7.